The summed E-state index contributed by atoms with van der Waals surface area (Å²) in [7, 11) is 0. The Morgan fingerprint density at radius 3 is 2.65 bits per heavy atom. The van der Waals surface area contributed by atoms with Gasteiger partial charge >= 0.3 is 0 Å². The predicted octanol–water partition coefficient (Wildman–Crippen LogP) is 0.743. The highest BCUT2D eigenvalue weighted by molar-refractivity contribution is 5.92. The van der Waals surface area contributed by atoms with Crippen LogP contribution in [0.4, 0.5) is 0 Å². The van der Waals surface area contributed by atoms with Crippen molar-refractivity contribution >= 4 is 5.91 Å². The zero-order valence-electron chi connectivity index (χ0n) is 12.4. The van der Waals surface area contributed by atoms with E-state index in [1.807, 2.05) is 24.0 Å². The highest BCUT2D eigenvalue weighted by Crippen LogP contribution is 2.09. The van der Waals surface area contributed by atoms with E-state index < -0.39 is 0 Å². The van der Waals surface area contributed by atoms with Crippen molar-refractivity contribution in [2.24, 2.45) is 11.7 Å². The molecule has 0 aromatic carbocycles. The Bertz CT molecular complexity index is 455. The van der Waals surface area contributed by atoms with E-state index in [0.717, 1.165) is 38.4 Å². The van der Waals surface area contributed by atoms with E-state index in [9.17, 15) is 4.79 Å². The van der Waals surface area contributed by atoms with E-state index in [1.54, 1.807) is 6.07 Å². The van der Waals surface area contributed by atoms with E-state index in [2.05, 4.69) is 16.8 Å². The van der Waals surface area contributed by atoms with Crippen LogP contribution in [0.1, 0.15) is 23.1 Å². The first-order valence-corrected chi connectivity index (χ1v) is 7.25. The number of nitrogens with zero attached hydrogens (tertiary/aromatic N) is 3. The summed E-state index contributed by atoms with van der Waals surface area (Å²) in [6.07, 6.45) is 0. The number of carbonyl (C=O) groups excluding carboxylic acids is 1. The molecule has 20 heavy (non-hydrogen) atoms. The third-order valence-corrected chi connectivity index (χ3v) is 3.74. The lowest BCUT2D eigenvalue weighted by atomic mass is 10.1. The molecular formula is C15H24N4O. The van der Waals surface area contributed by atoms with Gasteiger partial charge in [0.15, 0.2) is 0 Å². The Balaban J connectivity index is 1.89. The number of pyridine rings is 1. The van der Waals surface area contributed by atoms with E-state index in [1.165, 1.54) is 0 Å². The molecule has 0 saturated carbocycles. The van der Waals surface area contributed by atoms with Crippen LogP contribution in [0.5, 0.6) is 0 Å². The maximum Gasteiger partial charge on any atom is 0.272 e. The van der Waals surface area contributed by atoms with E-state index >= 15 is 0 Å². The van der Waals surface area contributed by atoms with Crippen LogP contribution in [0.15, 0.2) is 18.2 Å². The predicted molar refractivity (Wildman–Crippen MR) is 79.5 cm³/mol. The molecule has 0 spiro atoms. The molecule has 1 aliphatic rings. The molecule has 1 aliphatic heterocycles. The Labute approximate surface area is 120 Å². The van der Waals surface area contributed by atoms with Gasteiger partial charge < -0.3 is 10.6 Å². The first-order valence-electron chi connectivity index (χ1n) is 7.25. The number of hydrogen-bond acceptors (Lipinski definition) is 4. The zero-order valence-corrected chi connectivity index (χ0v) is 12.4. The lowest BCUT2D eigenvalue weighted by Crippen LogP contribution is -2.50. The first kappa shape index (κ1) is 14.9. The molecule has 2 heterocycles. The van der Waals surface area contributed by atoms with Crippen molar-refractivity contribution in [3.8, 4) is 0 Å². The van der Waals surface area contributed by atoms with Crippen molar-refractivity contribution < 1.29 is 4.79 Å². The van der Waals surface area contributed by atoms with Crippen LogP contribution in [0.2, 0.25) is 0 Å². The quantitative estimate of drug-likeness (QED) is 0.881. The molecule has 0 bridgehead atoms. The number of hydrogen-bond donors (Lipinski definition) is 1. The van der Waals surface area contributed by atoms with Gasteiger partial charge in [0.05, 0.1) is 0 Å². The van der Waals surface area contributed by atoms with Gasteiger partial charge in [0, 0.05) is 38.4 Å². The highest BCUT2D eigenvalue weighted by Gasteiger charge is 2.23. The van der Waals surface area contributed by atoms with Gasteiger partial charge in [0.1, 0.15) is 5.69 Å². The molecule has 2 rings (SSSR count). The first-order chi connectivity index (χ1) is 9.60. The molecule has 5 nitrogen and oxygen atoms in total. The van der Waals surface area contributed by atoms with E-state index in [0.29, 0.717) is 18.2 Å². The number of carbonyl (C=O) groups is 1. The van der Waals surface area contributed by atoms with Gasteiger partial charge in [-0.25, -0.2) is 4.98 Å². The number of aryl methyl sites for hydroxylation is 1. The van der Waals surface area contributed by atoms with Crippen molar-refractivity contribution in [2.45, 2.75) is 13.8 Å². The minimum atomic E-state index is 0.0419. The van der Waals surface area contributed by atoms with Crippen LogP contribution in [0.3, 0.4) is 0 Å². The molecule has 1 saturated heterocycles. The molecule has 1 aromatic rings. The molecular weight excluding hydrogens is 252 g/mol. The molecule has 0 radical (unpaired) electrons. The van der Waals surface area contributed by atoms with Crippen LogP contribution in [-0.2, 0) is 0 Å². The van der Waals surface area contributed by atoms with E-state index in [4.69, 9.17) is 5.73 Å². The topological polar surface area (TPSA) is 62.5 Å². The summed E-state index contributed by atoms with van der Waals surface area (Å²) in [5.41, 5.74) is 7.09. The second-order valence-corrected chi connectivity index (χ2v) is 5.60. The summed E-state index contributed by atoms with van der Waals surface area (Å²) in [6.45, 7) is 9.17. The number of aromatic nitrogens is 1. The van der Waals surface area contributed by atoms with Gasteiger partial charge in [-0.1, -0.05) is 13.0 Å². The molecule has 0 aliphatic carbocycles. The number of rotatable bonds is 4. The van der Waals surface area contributed by atoms with Gasteiger partial charge in [-0.3, -0.25) is 9.69 Å². The minimum Gasteiger partial charge on any atom is -0.335 e. The Kier molecular flexibility index (Phi) is 5.09. The highest BCUT2D eigenvalue weighted by atomic mass is 16.2. The van der Waals surface area contributed by atoms with E-state index in [-0.39, 0.29) is 5.91 Å². The van der Waals surface area contributed by atoms with Crippen molar-refractivity contribution in [2.75, 3.05) is 39.3 Å². The normalized spacial score (nSPS) is 18.1. The third kappa shape index (κ3) is 3.77. The monoisotopic (exact) mass is 276 g/mol. The summed E-state index contributed by atoms with van der Waals surface area (Å²) >= 11 is 0. The number of piperazine rings is 1. The smallest absolute Gasteiger partial charge is 0.272 e. The van der Waals surface area contributed by atoms with Crippen LogP contribution in [0.25, 0.3) is 0 Å². The van der Waals surface area contributed by atoms with Gasteiger partial charge in [0.25, 0.3) is 5.91 Å². The molecule has 1 amide bonds. The second-order valence-electron chi connectivity index (χ2n) is 5.60. The fourth-order valence-corrected chi connectivity index (χ4v) is 2.47. The average Bonchev–Trinajstić information content (AvgIpc) is 2.47. The Morgan fingerprint density at radius 2 is 2.05 bits per heavy atom. The fourth-order valence-electron chi connectivity index (χ4n) is 2.47. The number of amides is 1. The maximum atomic E-state index is 12.4. The molecule has 1 unspecified atom stereocenters. The lowest BCUT2D eigenvalue weighted by molar-refractivity contribution is 0.0616. The van der Waals surface area contributed by atoms with Crippen LogP contribution in [-0.4, -0.2) is 60.0 Å². The molecule has 1 aromatic heterocycles. The summed E-state index contributed by atoms with van der Waals surface area (Å²) in [6, 6.07) is 5.58. The standard InChI is InChI=1S/C15H24N4O/c1-12(10-16)11-18-6-8-19(9-7-18)15(20)14-5-3-4-13(2)17-14/h3-5,12H,6-11,16H2,1-2H3. The second kappa shape index (κ2) is 6.81. The van der Waals surface area contributed by atoms with Gasteiger partial charge in [-0.15, -0.1) is 0 Å². The van der Waals surface area contributed by atoms with Crippen LogP contribution in [0, 0.1) is 12.8 Å². The summed E-state index contributed by atoms with van der Waals surface area (Å²) in [5, 5.41) is 0. The van der Waals surface area contributed by atoms with Gasteiger partial charge in [0.2, 0.25) is 0 Å². The Hall–Kier alpha value is -1.46. The van der Waals surface area contributed by atoms with Crippen LogP contribution >= 0.6 is 0 Å². The van der Waals surface area contributed by atoms with Crippen molar-refractivity contribution in [1.82, 2.24) is 14.8 Å². The van der Waals surface area contributed by atoms with Gasteiger partial charge in [-0.05, 0) is 31.5 Å². The van der Waals surface area contributed by atoms with Crippen molar-refractivity contribution in [1.29, 1.82) is 0 Å². The molecule has 110 valence electrons. The zero-order chi connectivity index (χ0) is 14.5. The maximum absolute atomic E-state index is 12.4. The molecule has 2 N–H and O–H groups in total. The summed E-state index contributed by atoms with van der Waals surface area (Å²) < 4.78 is 0. The molecule has 1 fully saturated rings. The largest absolute Gasteiger partial charge is 0.335 e. The molecule has 5 heteroatoms. The lowest BCUT2D eigenvalue weighted by Gasteiger charge is -2.35. The number of nitrogens with two attached hydrogens (primary N) is 1. The molecule has 1 atom stereocenters. The van der Waals surface area contributed by atoms with Crippen molar-refractivity contribution in [3.63, 3.8) is 0 Å². The third-order valence-electron chi connectivity index (χ3n) is 3.74. The SMILES string of the molecule is Cc1cccc(C(=O)N2CCN(CC(C)CN)CC2)n1. The van der Waals surface area contributed by atoms with Crippen LogP contribution < -0.4 is 5.73 Å². The van der Waals surface area contributed by atoms with Gasteiger partial charge in [-0.2, -0.15) is 0 Å². The minimum absolute atomic E-state index is 0.0419. The Morgan fingerprint density at radius 1 is 1.35 bits per heavy atom. The average molecular weight is 276 g/mol. The summed E-state index contributed by atoms with van der Waals surface area (Å²) in [4.78, 5) is 20.9. The van der Waals surface area contributed by atoms with Crippen molar-refractivity contribution in [3.05, 3.63) is 29.6 Å². The fraction of sp³-hybridized carbons (Fsp3) is 0.600. The summed E-state index contributed by atoms with van der Waals surface area (Å²) in [5.74, 6) is 0.552.